The Bertz CT molecular complexity index is 468. The Morgan fingerprint density at radius 3 is 2.50 bits per heavy atom. The molecule has 2 atom stereocenters. The second kappa shape index (κ2) is 8.07. The molecule has 3 heteroatoms. The monoisotopic (exact) mass is 316 g/mol. The fourth-order valence-electron chi connectivity index (χ4n) is 4.02. The van der Waals surface area contributed by atoms with Gasteiger partial charge in [-0.2, -0.15) is 0 Å². The molecule has 2 fully saturated rings. The van der Waals surface area contributed by atoms with Crippen molar-refractivity contribution in [2.45, 2.75) is 57.5 Å². The van der Waals surface area contributed by atoms with Crippen LogP contribution in [0.15, 0.2) is 30.3 Å². The van der Waals surface area contributed by atoms with Crippen molar-refractivity contribution in [3.05, 3.63) is 35.9 Å². The molecule has 0 bridgehead atoms. The van der Waals surface area contributed by atoms with E-state index in [0.717, 1.165) is 11.5 Å². The summed E-state index contributed by atoms with van der Waals surface area (Å²) in [6, 6.07) is 11.3. The lowest BCUT2D eigenvalue weighted by atomic mass is 9.82. The van der Waals surface area contributed by atoms with E-state index in [1.807, 2.05) is 0 Å². The molecule has 1 aliphatic heterocycles. The van der Waals surface area contributed by atoms with Crippen molar-refractivity contribution in [2.75, 3.05) is 13.1 Å². The number of hydrogen-bond acceptors (Lipinski definition) is 2. The van der Waals surface area contributed by atoms with E-state index in [0.29, 0.717) is 12.0 Å². The molecule has 0 unspecified atom stereocenters. The number of benzene rings is 1. The fraction of sp³-hybridized carbons (Fsp3) is 0.632. The number of hydrogen-bond donors (Lipinski definition) is 1. The highest BCUT2D eigenvalue weighted by Gasteiger charge is 2.33. The smallest absolute Gasteiger partial charge is 0.0803 e. The number of nitrogens with zero attached hydrogens (tertiary/aromatic N) is 1. The van der Waals surface area contributed by atoms with Gasteiger partial charge < -0.3 is 5.32 Å². The van der Waals surface area contributed by atoms with Gasteiger partial charge in [0.1, 0.15) is 0 Å². The molecule has 1 aromatic carbocycles. The third kappa shape index (κ3) is 4.08. The van der Waals surface area contributed by atoms with Gasteiger partial charge in [0.15, 0.2) is 0 Å². The highest BCUT2D eigenvalue weighted by atomic mass is 32.1. The average Bonchev–Trinajstić information content (AvgIpc) is 2.61. The van der Waals surface area contributed by atoms with E-state index in [9.17, 15) is 0 Å². The molecule has 0 spiro atoms. The van der Waals surface area contributed by atoms with E-state index in [4.69, 9.17) is 12.2 Å². The van der Waals surface area contributed by atoms with Gasteiger partial charge in [-0.05, 0) is 44.3 Å². The van der Waals surface area contributed by atoms with E-state index in [1.54, 1.807) is 0 Å². The van der Waals surface area contributed by atoms with Crippen LogP contribution >= 0.6 is 12.2 Å². The van der Waals surface area contributed by atoms with Crippen LogP contribution in [-0.4, -0.2) is 29.0 Å². The molecular formula is C19H28N2S. The van der Waals surface area contributed by atoms with Crippen LogP contribution in [0.1, 0.15) is 50.5 Å². The molecule has 1 aliphatic carbocycles. The predicted molar refractivity (Wildman–Crippen MR) is 97.0 cm³/mol. The van der Waals surface area contributed by atoms with Gasteiger partial charge in [0, 0.05) is 18.5 Å². The molecule has 1 saturated carbocycles. The second-order valence-electron chi connectivity index (χ2n) is 6.76. The molecular weight excluding hydrogens is 288 g/mol. The highest BCUT2D eigenvalue weighted by Crippen LogP contribution is 2.31. The molecule has 2 nitrogen and oxygen atoms in total. The SMILES string of the molecule is S=C(NCc1ccccc1)[C@@H]1CCCC[C@H]1N1CCCCC1. The van der Waals surface area contributed by atoms with Crippen LogP contribution in [0.4, 0.5) is 0 Å². The van der Waals surface area contributed by atoms with Crippen molar-refractivity contribution in [3.63, 3.8) is 0 Å². The lowest BCUT2D eigenvalue weighted by Crippen LogP contribution is -2.49. The molecule has 2 aliphatic rings. The summed E-state index contributed by atoms with van der Waals surface area (Å²) < 4.78 is 0. The second-order valence-corrected chi connectivity index (χ2v) is 7.20. The van der Waals surface area contributed by atoms with Crippen molar-refractivity contribution < 1.29 is 0 Å². The molecule has 0 radical (unpaired) electrons. The van der Waals surface area contributed by atoms with Crippen LogP contribution in [0.2, 0.25) is 0 Å². The summed E-state index contributed by atoms with van der Waals surface area (Å²) in [4.78, 5) is 3.82. The number of nitrogens with one attached hydrogen (secondary N) is 1. The zero-order chi connectivity index (χ0) is 15.2. The average molecular weight is 317 g/mol. The normalized spacial score (nSPS) is 26.5. The number of likely N-dealkylation sites (tertiary alicyclic amines) is 1. The summed E-state index contributed by atoms with van der Waals surface area (Å²) >= 11 is 5.78. The summed E-state index contributed by atoms with van der Waals surface area (Å²) in [5, 5.41) is 3.54. The molecule has 3 rings (SSSR count). The Balaban J connectivity index is 1.58. The standard InChI is InChI=1S/C19H28N2S/c22-19(20-15-16-9-3-1-4-10-16)17-11-5-6-12-18(17)21-13-7-2-8-14-21/h1,3-4,9-10,17-18H,2,5-8,11-15H2,(H,20,22)/t17-,18-/m1/s1. The topological polar surface area (TPSA) is 15.3 Å². The highest BCUT2D eigenvalue weighted by molar-refractivity contribution is 7.80. The first-order valence-electron chi connectivity index (χ1n) is 8.90. The Morgan fingerprint density at radius 2 is 1.73 bits per heavy atom. The van der Waals surface area contributed by atoms with Crippen LogP contribution < -0.4 is 5.32 Å². The third-order valence-corrected chi connectivity index (χ3v) is 5.68. The third-order valence-electron chi connectivity index (χ3n) is 5.24. The quantitative estimate of drug-likeness (QED) is 0.840. The number of piperidine rings is 1. The Hall–Kier alpha value is -0.930. The van der Waals surface area contributed by atoms with Gasteiger partial charge in [-0.15, -0.1) is 0 Å². The van der Waals surface area contributed by atoms with Crippen LogP contribution in [-0.2, 0) is 6.54 Å². The van der Waals surface area contributed by atoms with E-state index in [1.165, 1.54) is 63.6 Å². The first kappa shape index (κ1) is 15.9. The molecule has 1 saturated heterocycles. The van der Waals surface area contributed by atoms with Gasteiger partial charge in [0.25, 0.3) is 0 Å². The van der Waals surface area contributed by atoms with E-state index in [-0.39, 0.29) is 0 Å². The van der Waals surface area contributed by atoms with Crippen LogP contribution in [0, 0.1) is 5.92 Å². The maximum Gasteiger partial charge on any atom is 0.0803 e. The molecule has 0 aromatic heterocycles. The van der Waals surface area contributed by atoms with Crippen molar-refractivity contribution in [1.82, 2.24) is 10.2 Å². The maximum atomic E-state index is 5.78. The molecule has 1 heterocycles. The van der Waals surface area contributed by atoms with Gasteiger partial charge in [0.05, 0.1) is 4.99 Å². The molecule has 120 valence electrons. The van der Waals surface area contributed by atoms with Gasteiger partial charge in [-0.1, -0.05) is 61.8 Å². The van der Waals surface area contributed by atoms with Gasteiger partial charge >= 0.3 is 0 Å². The Morgan fingerprint density at radius 1 is 1.00 bits per heavy atom. The Labute approximate surface area is 140 Å². The van der Waals surface area contributed by atoms with Crippen LogP contribution in [0.3, 0.4) is 0 Å². The minimum Gasteiger partial charge on any atom is -0.375 e. The summed E-state index contributed by atoms with van der Waals surface area (Å²) in [7, 11) is 0. The lowest BCUT2D eigenvalue weighted by molar-refractivity contribution is 0.109. The summed E-state index contributed by atoms with van der Waals surface area (Å²) in [6.07, 6.45) is 9.45. The van der Waals surface area contributed by atoms with Gasteiger partial charge in [-0.3, -0.25) is 4.90 Å². The minimum absolute atomic E-state index is 0.561. The van der Waals surface area contributed by atoms with Crippen LogP contribution in [0.5, 0.6) is 0 Å². The minimum atomic E-state index is 0.561. The molecule has 1 aromatic rings. The van der Waals surface area contributed by atoms with E-state index < -0.39 is 0 Å². The summed E-state index contributed by atoms with van der Waals surface area (Å²) in [5.74, 6) is 0.561. The molecule has 22 heavy (non-hydrogen) atoms. The van der Waals surface area contributed by atoms with Gasteiger partial charge in [0.2, 0.25) is 0 Å². The first-order chi connectivity index (χ1) is 10.8. The summed E-state index contributed by atoms with van der Waals surface area (Å²) in [6.45, 7) is 3.42. The molecule has 1 N–H and O–H groups in total. The number of rotatable bonds is 4. The number of thiocarbonyl (C=S) groups is 1. The zero-order valence-corrected chi connectivity index (χ0v) is 14.3. The van der Waals surface area contributed by atoms with Crippen molar-refractivity contribution in [2.24, 2.45) is 5.92 Å². The molecule has 0 amide bonds. The van der Waals surface area contributed by atoms with Crippen molar-refractivity contribution in [1.29, 1.82) is 0 Å². The predicted octanol–water partition coefficient (Wildman–Crippen LogP) is 4.15. The first-order valence-corrected chi connectivity index (χ1v) is 9.31. The van der Waals surface area contributed by atoms with E-state index in [2.05, 4.69) is 40.5 Å². The fourth-order valence-corrected chi connectivity index (χ4v) is 4.37. The largest absolute Gasteiger partial charge is 0.375 e. The van der Waals surface area contributed by atoms with Crippen molar-refractivity contribution >= 4 is 17.2 Å². The van der Waals surface area contributed by atoms with Crippen LogP contribution in [0.25, 0.3) is 0 Å². The lowest BCUT2D eigenvalue weighted by Gasteiger charge is -2.42. The summed E-state index contributed by atoms with van der Waals surface area (Å²) in [5.41, 5.74) is 1.31. The zero-order valence-electron chi connectivity index (χ0n) is 13.5. The van der Waals surface area contributed by atoms with Gasteiger partial charge in [-0.25, -0.2) is 0 Å². The van der Waals surface area contributed by atoms with E-state index >= 15 is 0 Å². The Kier molecular flexibility index (Phi) is 5.85. The van der Waals surface area contributed by atoms with Crippen molar-refractivity contribution in [3.8, 4) is 0 Å². The maximum absolute atomic E-state index is 5.78.